The summed E-state index contributed by atoms with van der Waals surface area (Å²) in [5.74, 6) is 0.00533. The normalized spacial score (nSPS) is 10.4. The highest BCUT2D eigenvalue weighted by Crippen LogP contribution is 2.07. The zero-order valence-electron chi connectivity index (χ0n) is 6.57. The molecule has 5 heteroatoms. The molecular weight excluding hydrogens is 158 g/mol. The first-order valence-electron chi connectivity index (χ1n) is 3.29. The Labute approximate surface area is 69.2 Å². The number of rotatable bonds is 2. The first-order valence-corrected chi connectivity index (χ1v) is 3.29. The lowest BCUT2D eigenvalue weighted by molar-refractivity contribution is -0.134. The van der Waals surface area contributed by atoms with Crippen LogP contribution in [0.3, 0.4) is 0 Å². The van der Waals surface area contributed by atoms with Crippen molar-refractivity contribution in [2.24, 2.45) is 0 Å². The van der Waals surface area contributed by atoms with Gasteiger partial charge in [-0.15, -0.1) is 0 Å². The van der Waals surface area contributed by atoms with Gasteiger partial charge < -0.3 is 10.5 Å². The molecule has 0 radical (unpaired) electrons. The van der Waals surface area contributed by atoms with E-state index >= 15 is 0 Å². The molecule has 64 valence electrons. The summed E-state index contributed by atoms with van der Waals surface area (Å²) in [4.78, 5) is 10.6. The number of nitrogens with two attached hydrogens (primary N) is 1. The van der Waals surface area contributed by atoms with E-state index in [4.69, 9.17) is 5.73 Å². The number of carbonyl (C=O) groups excluding carboxylic acids is 1. The van der Waals surface area contributed by atoms with Gasteiger partial charge in [-0.3, -0.25) is 5.10 Å². The number of H-pyrrole nitrogens is 1. The maximum absolute atomic E-state index is 10.6. The van der Waals surface area contributed by atoms with E-state index < -0.39 is 5.97 Å². The van der Waals surface area contributed by atoms with E-state index in [1.54, 1.807) is 0 Å². The van der Waals surface area contributed by atoms with Crippen LogP contribution in [0.25, 0.3) is 6.08 Å². The summed E-state index contributed by atoms with van der Waals surface area (Å²) in [6.07, 6.45) is 4.33. The van der Waals surface area contributed by atoms with Crippen molar-refractivity contribution in [1.82, 2.24) is 10.2 Å². The summed E-state index contributed by atoms with van der Waals surface area (Å²) in [5, 5.41) is 6.21. The monoisotopic (exact) mass is 167 g/mol. The zero-order chi connectivity index (χ0) is 8.97. The molecule has 5 nitrogen and oxygen atoms in total. The third-order valence-electron chi connectivity index (χ3n) is 1.30. The van der Waals surface area contributed by atoms with E-state index in [-0.39, 0.29) is 0 Å². The molecule has 0 bridgehead atoms. The van der Waals surface area contributed by atoms with E-state index in [0.29, 0.717) is 11.4 Å². The minimum Gasteiger partial charge on any atom is -0.466 e. The zero-order valence-corrected chi connectivity index (χ0v) is 6.57. The fourth-order valence-corrected chi connectivity index (χ4v) is 0.664. The van der Waals surface area contributed by atoms with Crippen molar-refractivity contribution in [3.05, 3.63) is 17.8 Å². The summed E-state index contributed by atoms with van der Waals surface area (Å²) in [6, 6.07) is 0. The van der Waals surface area contributed by atoms with Crippen molar-refractivity contribution in [3.8, 4) is 0 Å². The van der Waals surface area contributed by atoms with Crippen molar-refractivity contribution < 1.29 is 9.53 Å². The highest BCUT2D eigenvalue weighted by atomic mass is 16.5. The Balaban J connectivity index is 2.69. The van der Waals surface area contributed by atoms with Crippen LogP contribution in [0.2, 0.25) is 0 Å². The molecule has 0 unspecified atom stereocenters. The SMILES string of the molecule is COC(=O)C=Cc1cn[nH]c1N. The average Bonchev–Trinajstić information content (AvgIpc) is 2.47. The van der Waals surface area contributed by atoms with Crippen LogP contribution in [-0.2, 0) is 9.53 Å². The quantitative estimate of drug-likeness (QED) is 0.486. The Morgan fingerprint density at radius 3 is 3.08 bits per heavy atom. The second-order valence-corrected chi connectivity index (χ2v) is 2.10. The fourth-order valence-electron chi connectivity index (χ4n) is 0.664. The van der Waals surface area contributed by atoms with Crippen molar-refractivity contribution in [3.63, 3.8) is 0 Å². The molecule has 0 atom stereocenters. The number of methoxy groups -OCH3 is 1. The molecule has 0 aliphatic heterocycles. The predicted molar refractivity (Wildman–Crippen MR) is 44.1 cm³/mol. The lowest BCUT2D eigenvalue weighted by Gasteiger charge is -1.89. The summed E-state index contributed by atoms with van der Waals surface area (Å²) in [5.41, 5.74) is 6.11. The maximum Gasteiger partial charge on any atom is 0.330 e. The van der Waals surface area contributed by atoms with Crippen molar-refractivity contribution in [1.29, 1.82) is 0 Å². The Bertz CT molecular complexity index is 303. The Hall–Kier alpha value is -1.78. The van der Waals surface area contributed by atoms with Crippen LogP contribution in [0.4, 0.5) is 5.82 Å². The van der Waals surface area contributed by atoms with E-state index in [0.717, 1.165) is 0 Å². The van der Waals surface area contributed by atoms with Crippen LogP contribution in [-0.4, -0.2) is 23.3 Å². The van der Waals surface area contributed by atoms with Crippen LogP contribution in [0.1, 0.15) is 5.56 Å². The van der Waals surface area contributed by atoms with Crippen LogP contribution in [0.15, 0.2) is 12.3 Å². The number of aromatic nitrogens is 2. The standard InChI is InChI=1S/C7H9N3O2/c1-12-6(11)3-2-5-4-9-10-7(5)8/h2-4H,1H3,(H3,8,9,10). The minimum atomic E-state index is -0.421. The topological polar surface area (TPSA) is 81.0 Å². The molecule has 0 aliphatic rings. The summed E-state index contributed by atoms with van der Waals surface area (Å²) < 4.78 is 4.39. The van der Waals surface area contributed by atoms with Gasteiger partial charge in [-0.05, 0) is 6.08 Å². The molecule has 1 rings (SSSR count). The number of aromatic amines is 1. The van der Waals surface area contributed by atoms with Crippen molar-refractivity contribution in [2.75, 3.05) is 12.8 Å². The van der Waals surface area contributed by atoms with Gasteiger partial charge in [-0.2, -0.15) is 5.10 Å². The summed E-state index contributed by atoms with van der Waals surface area (Å²) in [7, 11) is 1.31. The van der Waals surface area contributed by atoms with E-state index in [1.165, 1.54) is 25.5 Å². The molecular formula is C7H9N3O2. The number of esters is 1. The fraction of sp³-hybridized carbons (Fsp3) is 0.143. The molecule has 0 saturated heterocycles. The predicted octanol–water partition coefficient (Wildman–Crippen LogP) is 0.178. The van der Waals surface area contributed by atoms with Crippen LogP contribution < -0.4 is 5.73 Å². The number of nitrogen functional groups attached to an aromatic ring is 1. The molecule has 1 heterocycles. The summed E-state index contributed by atoms with van der Waals surface area (Å²) in [6.45, 7) is 0. The average molecular weight is 167 g/mol. The third-order valence-corrected chi connectivity index (χ3v) is 1.30. The summed E-state index contributed by atoms with van der Waals surface area (Å²) >= 11 is 0. The maximum atomic E-state index is 10.6. The van der Waals surface area contributed by atoms with Crippen molar-refractivity contribution in [2.45, 2.75) is 0 Å². The highest BCUT2D eigenvalue weighted by molar-refractivity contribution is 5.87. The van der Waals surface area contributed by atoms with Gasteiger partial charge in [0.2, 0.25) is 0 Å². The van der Waals surface area contributed by atoms with E-state index in [9.17, 15) is 4.79 Å². The van der Waals surface area contributed by atoms with Gasteiger partial charge in [0.1, 0.15) is 5.82 Å². The van der Waals surface area contributed by atoms with Crippen LogP contribution in [0.5, 0.6) is 0 Å². The van der Waals surface area contributed by atoms with Gasteiger partial charge in [0, 0.05) is 11.6 Å². The molecule has 0 aliphatic carbocycles. The number of carbonyl (C=O) groups is 1. The number of anilines is 1. The number of nitrogens with zero attached hydrogens (tertiary/aromatic N) is 1. The first kappa shape index (κ1) is 8.32. The Morgan fingerprint density at radius 1 is 1.83 bits per heavy atom. The minimum absolute atomic E-state index is 0.421. The molecule has 0 aromatic carbocycles. The number of ether oxygens (including phenoxy) is 1. The van der Waals surface area contributed by atoms with Gasteiger partial charge >= 0.3 is 5.97 Å². The van der Waals surface area contributed by atoms with E-state index in [2.05, 4.69) is 14.9 Å². The van der Waals surface area contributed by atoms with Gasteiger partial charge in [-0.25, -0.2) is 4.79 Å². The Morgan fingerprint density at radius 2 is 2.58 bits per heavy atom. The number of hydrogen-bond donors (Lipinski definition) is 2. The molecule has 0 spiro atoms. The molecule has 0 saturated carbocycles. The van der Waals surface area contributed by atoms with Gasteiger partial charge in [0.05, 0.1) is 13.3 Å². The molecule has 12 heavy (non-hydrogen) atoms. The lowest BCUT2D eigenvalue weighted by Crippen LogP contribution is -1.93. The third kappa shape index (κ3) is 1.85. The molecule has 0 amide bonds. The van der Waals surface area contributed by atoms with Gasteiger partial charge in [-0.1, -0.05) is 0 Å². The van der Waals surface area contributed by atoms with E-state index in [1.807, 2.05) is 0 Å². The lowest BCUT2D eigenvalue weighted by atomic mass is 10.3. The Kier molecular flexibility index (Phi) is 2.47. The van der Waals surface area contributed by atoms with Gasteiger partial charge in [0.15, 0.2) is 0 Å². The highest BCUT2D eigenvalue weighted by Gasteiger charge is 1.96. The van der Waals surface area contributed by atoms with Crippen molar-refractivity contribution >= 4 is 17.9 Å². The molecule has 0 fully saturated rings. The van der Waals surface area contributed by atoms with Crippen LogP contribution in [0, 0.1) is 0 Å². The smallest absolute Gasteiger partial charge is 0.330 e. The molecule has 1 aromatic heterocycles. The largest absolute Gasteiger partial charge is 0.466 e. The second-order valence-electron chi connectivity index (χ2n) is 2.10. The second kappa shape index (κ2) is 3.56. The first-order chi connectivity index (χ1) is 5.74. The molecule has 3 N–H and O–H groups in total. The number of nitrogens with one attached hydrogen (secondary N) is 1. The molecule has 1 aromatic rings. The number of hydrogen-bond acceptors (Lipinski definition) is 4. The van der Waals surface area contributed by atoms with Gasteiger partial charge in [0.25, 0.3) is 0 Å². The van der Waals surface area contributed by atoms with Crippen LogP contribution >= 0.6 is 0 Å².